The van der Waals surface area contributed by atoms with Gasteiger partial charge in [0.25, 0.3) is 5.91 Å². The minimum atomic E-state index is -4.85. The number of halogens is 5. The zero-order chi connectivity index (χ0) is 24.0. The number of aryl methyl sites for hydroxylation is 1. The van der Waals surface area contributed by atoms with Crippen molar-refractivity contribution in [2.24, 2.45) is 0 Å². The highest BCUT2D eigenvalue weighted by Gasteiger charge is 2.32. The molecule has 6 nitrogen and oxygen atoms in total. The van der Waals surface area contributed by atoms with Crippen LogP contribution < -0.4 is 14.8 Å². The van der Waals surface area contributed by atoms with Crippen LogP contribution >= 0.6 is 15.9 Å². The summed E-state index contributed by atoms with van der Waals surface area (Å²) in [6, 6.07) is 9.63. The van der Waals surface area contributed by atoms with E-state index in [0.717, 1.165) is 33.6 Å². The number of ether oxygens (including phenoxy) is 2. The molecule has 1 aliphatic rings. The van der Waals surface area contributed by atoms with E-state index in [9.17, 15) is 22.4 Å². The second-order valence-electron chi connectivity index (χ2n) is 6.85. The average Bonchev–Trinajstić information content (AvgIpc) is 2.77. The Morgan fingerprint density at radius 1 is 1.21 bits per heavy atom. The number of para-hydroxylation sites is 1. The summed E-state index contributed by atoms with van der Waals surface area (Å²) in [4.78, 5) is 20.8. The largest absolute Gasteiger partial charge is 0.573 e. The molecule has 3 heterocycles. The van der Waals surface area contributed by atoms with Crippen LogP contribution in [0.3, 0.4) is 0 Å². The number of fused-ring (bicyclic) bond motifs is 1. The van der Waals surface area contributed by atoms with Crippen molar-refractivity contribution in [3.63, 3.8) is 0 Å². The molecule has 0 aliphatic carbocycles. The standard InChI is InChI=1S/C15H14BrN3O2.C7H4F4O/c1-9-7-12(18-8-10(9)16)15(20)19-11-4-6-21-13-3-2-5-17-14(11)13;8-5-3-1-2-4-6(5)12-7(9,10)11/h2-3,5,7-8,11H,4,6H2,1H3,(H,19,20);1-4H. The number of hydrogen-bond acceptors (Lipinski definition) is 5. The van der Waals surface area contributed by atoms with E-state index in [4.69, 9.17) is 4.74 Å². The van der Waals surface area contributed by atoms with Crippen LogP contribution in [0.15, 0.2) is 59.3 Å². The van der Waals surface area contributed by atoms with Crippen LogP contribution in [-0.2, 0) is 0 Å². The molecule has 1 aliphatic heterocycles. The van der Waals surface area contributed by atoms with Gasteiger partial charge in [0, 0.05) is 23.3 Å². The Kier molecular flexibility index (Phi) is 7.85. The number of carbonyl (C=O) groups excluding carboxylic acids is 1. The molecule has 0 saturated carbocycles. The molecule has 1 N–H and O–H groups in total. The maximum atomic E-state index is 12.5. The van der Waals surface area contributed by atoms with Crippen molar-refractivity contribution in [3.8, 4) is 11.5 Å². The van der Waals surface area contributed by atoms with Gasteiger partial charge < -0.3 is 14.8 Å². The first kappa shape index (κ1) is 24.4. The van der Waals surface area contributed by atoms with Crippen molar-refractivity contribution in [2.45, 2.75) is 25.7 Å². The zero-order valence-corrected chi connectivity index (χ0v) is 18.8. The smallest absolute Gasteiger partial charge is 0.491 e. The number of nitrogens with one attached hydrogen (secondary N) is 1. The molecule has 0 bridgehead atoms. The van der Waals surface area contributed by atoms with Crippen molar-refractivity contribution in [2.75, 3.05) is 6.61 Å². The van der Waals surface area contributed by atoms with Gasteiger partial charge in [-0.2, -0.15) is 0 Å². The first-order valence-corrected chi connectivity index (χ1v) is 10.4. The van der Waals surface area contributed by atoms with E-state index in [1.807, 2.05) is 19.1 Å². The summed E-state index contributed by atoms with van der Waals surface area (Å²) >= 11 is 3.38. The molecule has 0 saturated heterocycles. The highest BCUT2D eigenvalue weighted by atomic mass is 79.9. The van der Waals surface area contributed by atoms with Crippen LogP contribution in [-0.4, -0.2) is 28.8 Å². The predicted octanol–water partition coefficient (Wildman–Crippen LogP) is 5.53. The maximum absolute atomic E-state index is 12.5. The van der Waals surface area contributed by atoms with Gasteiger partial charge in [0.2, 0.25) is 0 Å². The Bertz CT molecular complexity index is 1130. The molecule has 1 atom stereocenters. The maximum Gasteiger partial charge on any atom is 0.573 e. The Balaban J connectivity index is 0.000000218. The van der Waals surface area contributed by atoms with Gasteiger partial charge in [-0.25, -0.2) is 9.37 Å². The molecular weight excluding hydrogens is 510 g/mol. The van der Waals surface area contributed by atoms with Crippen molar-refractivity contribution >= 4 is 21.8 Å². The molecule has 0 spiro atoms. The first-order chi connectivity index (χ1) is 15.6. The van der Waals surface area contributed by atoms with Gasteiger partial charge >= 0.3 is 6.36 Å². The summed E-state index contributed by atoms with van der Waals surface area (Å²) in [7, 11) is 0. The van der Waals surface area contributed by atoms with Gasteiger partial charge in [0.15, 0.2) is 11.6 Å². The van der Waals surface area contributed by atoms with E-state index in [1.165, 1.54) is 12.1 Å². The number of aromatic nitrogens is 2. The van der Waals surface area contributed by atoms with Crippen molar-refractivity contribution in [3.05, 3.63) is 82.1 Å². The molecule has 174 valence electrons. The Morgan fingerprint density at radius 3 is 2.67 bits per heavy atom. The SMILES string of the molecule is Cc1cc(C(=O)NC2CCOc3cccnc32)ncc1Br.Fc1ccccc1OC(F)(F)F. The summed E-state index contributed by atoms with van der Waals surface area (Å²) in [6.07, 6.45) is -0.803. The molecule has 2 aromatic heterocycles. The number of pyridine rings is 2. The lowest BCUT2D eigenvalue weighted by atomic mass is 10.1. The van der Waals surface area contributed by atoms with Gasteiger partial charge in [0.05, 0.1) is 12.6 Å². The fraction of sp³-hybridized carbons (Fsp3) is 0.227. The number of amides is 1. The van der Waals surface area contributed by atoms with E-state index < -0.39 is 17.9 Å². The Hall–Kier alpha value is -3.21. The van der Waals surface area contributed by atoms with Gasteiger partial charge in [-0.1, -0.05) is 12.1 Å². The lowest BCUT2D eigenvalue weighted by molar-refractivity contribution is -0.275. The van der Waals surface area contributed by atoms with Gasteiger partial charge in [-0.15, -0.1) is 13.2 Å². The average molecular weight is 528 g/mol. The van der Waals surface area contributed by atoms with Crippen molar-refractivity contribution in [1.29, 1.82) is 0 Å². The summed E-state index contributed by atoms with van der Waals surface area (Å²) in [5.74, 6) is -1.32. The number of benzene rings is 1. The minimum absolute atomic E-state index is 0.145. The molecule has 0 fully saturated rings. The molecule has 33 heavy (non-hydrogen) atoms. The van der Waals surface area contributed by atoms with Crippen LogP contribution in [0.1, 0.15) is 34.2 Å². The predicted molar refractivity (Wildman–Crippen MR) is 114 cm³/mol. The molecule has 11 heteroatoms. The molecule has 0 radical (unpaired) electrons. The van der Waals surface area contributed by atoms with E-state index in [-0.39, 0.29) is 11.9 Å². The van der Waals surface area contributed by atoms with Crippen LogP contribution in [0.4, 0.5) is 17.6 Å². The summed E-state index contributed by atoms with van der Waals surface area (Å²) in [5.41, 5.74) is 2.14. The van der Waals surface area contributed by atoms with Gasteiger partial charge in [-0.05, 0) is 58.7 Å². The Labute approximate surface area is 195 Å². The number of carbonyl (C=O) groups is 1. The third-order valence-corrected chi connectivity index (χ3v) is 5.27. The van der Waals surface area contributed by atoms with Crippen LogP contribution in [0.25, 0.3) is 0 Å². The fourth-order valence-electron chi connectivity index (χ4n) is 2.90. The molecular formula is C22H18BrF4N3O3. The zero-order valence-electron chi connectivity index (χ0n) is 17.2. The summed E-state index contributed by atoms with van der Waals surface area (Å²) in [5, 5.41) is 2.98. The topological polar surface area (TPSA) is 73.3 Å². The Morgan fingerprint density at radius 2 is 1.97 bits per heavy atom. The van der Waals surface area contributed by atoms with Crippen LogP contribution in [0, 0.1) is 12.7 Å². The van der Waals surface area contributed by atoms with Crippen LogP contribution in [0.5, 0.6) is 11.5 Å². The quantitative estimate of drug-likeness (QED) is 0.453. The van der Waals surface area contributed by atoms with Crippen molar-refractivity contribution < 1.29 is 31.8 Å². The summed E-state index contributed by atoms with van der Waals surface area (Å²) < 4.78 is 56.9. The minimum Gasteiger partial charge on any atom is -0.491 e. The number of hydrogen-bond donors (Lipinski definition) is 1. The molecule has 4 rings (SSSR count). The first-order valence-electron chi connectivity index (χ1n) is 9.65. The lowest BCUT2D eigenvalue weighted by Crippen LogP contribution is -2.33. The highest BCUT2D eigenvalue weighted by molar-refractivity contribution is 9.10. The molecule has 3 aromatic rings. The summed E-state index contributed by atoms with van der Waals surface area (Å²) in [6.45, 7) is 2.49. The van der Waals surface area contributed by atoms with Crippen molar-refractivity contribution in [1.82, 2.24) is 15.3 Å². The van der Waals surface area contributed by atoms with Gasteiger partial charge in [-0.3, -0.25) is 9.78 Å². The second-order valence-corrected chi connectivity index (χ2v) is 7.70. The van der Waals surface area contributed by atoms with E-state index in [1.54, 1.807) is 18.5 Å². The van der Waals surface area contributed by atoms with Gasteiger partial charge in [0.1, 0.15) is 17.1 Å². The third-order valence-electron chi connectivity index (χ3n) is 4.44. The fourth-order valence-corrected chi connectivity index (χ4v) is 3.12. The number of rotatable bonds is 3. The third kappa shape index (κ3) is 6.88. The molecule has 1 unspecified atom stereocenters. The number of nitrogens with zero attached hydrogens (tertiary/aromatic N) is 2. The molecule has 1 amide bonds. The monoisotopic (exact) mass is 527 g/mol. The van der Waals surface area contributed by atoms with E-state index >= 15 is 0 Å². The lowest BCUT2D eigenvalue weighted by Gasteiger charge is -2.25. The van der Waals surface area contributed by atoms with Crippen LogP contribution in [0.2, 0.25) is 0 Å². The normalized spacial score (nSPS) is 14.8. The number of alkyl halides is 3. The highest BCUT2D eigenvalue weighted by Crippen LogP contribution is 2.30. The van der Waals surface area contributed by atoms with E-state index in [0.29, 0.717) is 18.7 Å². The second kappa shape index (κ2) is 10.6. The van der Waals surface area contributed by atoms with E-state index in [2.05, 4.69) is 36.0 Å². The molecule has 1 aromatic carbocycles.